The Labute approximate surface area is 117 Å². The van der Waals surface area contributed by atoms with Crippen LogP contribution in [0.1, 0.15) is 55.7 Å². The molecule has 2 N–H and O–H groups in total. The standard InChI is InChI=1S/C17H26N2/c18-17-15-9-5-4-8-14(15)10-11-16(17)19-12-6-2-1-3-7-13-19/h4-5,8-9,16-17H,1-3,6-7,10-13,18H2. The average molecular weight is 258 g/mol. The van der Waals surface area contributed by atoms with Crippen LogP contribution in [-0.4, -0.2) is 24.0 Å². The lowest BCUT2D eigenvalue weighted by Gasteiger charge is -2.40. The maximum atomic E-state index is 6.57. The maximum absolute atomic E-state index is 6.57. The SMILES string of the molecule is NC1c2ccccc2CCC1N1CCCCCCC1. The molecule has 0 spiro atoms. The van der Waals surface area contributed by atoms with Gasteiger partial charge in [0.05, 0.1) is 0 Å². The van der Waals surface area contributed by atoms with Crippen molar-refractivity contribution >= 4 is 0 Å². The molecule has 0 radical (unpaired) electrons. The summed E-state index contributed by atoms with van der Waals surface area (Å²) < 4.78 is 0. The molecule has 0 bridgehead atoms. The van der Waals surface area contributed by atoms with E-state index in [1.165, 1.54) is 69.2 Å². The number of hydrogen-bond donors (Lipinski definition) is 1. The van der Waals surface area contributed by atoms with Gasteiger partial charge >= 0.3 is 0 Å². The van der Waals surface area contributed by atoms with Crippen LogP contribution in [0.25, 0.3) is 0 Å². The predicted molar refractivity (Wildman–Crippen MR) is 80.1 cm³/mol. The Kier molecular flexibility index (Phi) is 4.19. The van der Waals surface area contributed by atoms with Crippen LogP contribution in [0.2, 0.25) is 0 Å². The Balaban J connectivity index is 1.75. The Hall–Kier alpha value is -0.860. The molecule has 1 saturated heterocycles. The van der Waals surface area contributed by atoms with Gasteiger partial charge in [0.15, 0.2) is 0 Å². The second-order valence-corrected chi connectivity index (χ2v) is 6.13. The molecule has 2 atom stereocenters. The second kappa shape index (κ2) is 6.06. The second-order valence-electron chi connectivity index (χ2n) is 6.13. The summed E-state index contributed by atoms with van der Waals surface area (Å²) in [6.45, 7) is 2.50. The maximum Gasteiger partial charge on any atom is 0.0455 e. The van der Waals surface area contributed by atoms with Gasteiger partial charge in [-0.1, -0.05) is 43.5 Å². The number of benzene rings is 1. The molecule has 0 aromatic heterocycles. The van der Waals surface area contributed by atoms with E-state index in [4.69, 9.17) is 5.73 Å². The molecule has 2 heteroatoms. The molecular weight excluding hydrogens is 232 g/mol. The lowest BCUT2D eigenvalue weighted by Crippen LogP contribution is -2.46. The third kappa shape index (κ3) is 2.85. The molecule has 2 nitrogen and oxygen atoms in total. The predicted octanol–water partition coefficient (Wildman–Crippen LogP) is 3.27. The Morgan fingerprint density at radius 3 is 2.42 bits per heavy atom. The molecule has 0 saturated carbocycles. The van der Waals surface area contributed by atoms with E-state index in [1.54, 1.807) is 0 Å². The van der Waals surface area contributed by atoms with Crippen LogP contribution in [0.4, 0.5) is 0 Å². The van der Waals surface area contributed by atoms with E-state index in [0.717, 1.165) is 0 Å². The summed E-state index contributed by atoms with van der Waals surface area (Å²) >= 11 is 0. The molecule has 1 aliphatic heterocycles. The van der Waals surface area contributed by atoms with Crippen LogP contribution in [0.3, 0.4) is 0 Å². The van der Waals surface area contributed by atoms with Crippen molar-refractivity contribution in [2.75, 3.05) is 13.1 Å². The minimum Gasteiger partial charge on any atom is -0.323 e. The highest BCUT2D eigenvalue weighted by molar-refractivity contribution is 5.33. The van der Waals surface area contributed by atoms with Gasteiger partial charge in [0.2, 0.25) is 0 Å². The van der Waals surface area contributed by atoms with E-state index < -0.39 is 0 Å². The van der Waals surface area contributed by atoms with Crippen LogP contribution in [-0.2, 0) is 6.42 Å². The Bertz CT molecular complexity index is 407. The highest BCUT2D eigenvalue weighted by atomic mass is 15.2. The summed E-state index contributed by atoms with van der Waals surface area (Å²) in [7, 11) is 0. The minimum absolute atomic E-state index is 0.212. The van der Waals surface area contributed by atoms with Crippen molar-refractivity contribution < 1.29 is 0 Å². The Morgan fingerprint density at radius 1 is 0.947 bits per heavy atom. The number of hydrogen-bond acceptors (Lipinski definition) is 2. The third-order valence-corrected chi connectivity index (χ3v) is 4.90. The molecule has 0 amide bonds. The van der Waals surface area contributed by atoms with E-state index in [9.17, 15) is 0 Å². The van der Waals surface area contributed by atoms with E-state index in [2.05, 4.69) is 29.2 Å². The first-order valence-corrected chi connectivity index (χ1v) is 7.94. The van der Waals surface area contributed by atoms with Gasteiger partial charge in [0, 0.05) is 12.1 Å². The van der Waals surface area contributed by atoms with Gasteiger partial charge in [-0.25, -0.2) is 0 Å². The normalized spacial score (nSPS) is 29.3. The van der Waals surface area contributed by atoms with Gasteiger partial charge in [-0.3, -0.25) is 4.90 Å². The van der Waals surface area contributed by atoms with Crippen molar-refractivity contribution in [3.05, 3.63) is 35.4 Å². The highest BCUT2D eigenvalue weighted by Gasteiger charge is 2.30. The number of likely N-dealkylation sites (tertiary alicyclic amines) is 1. The summed E-state index contributed by atoms with van der Waals surface area (Å²) in [6, 6.07) is 9.53. The van der Waals surface area contributed by atoms with Crippen LogP contribution in [0.15, 0.2) is 24.3 Å². The fourth-order valence-corrected chi connectivity index (χ4v) is 3.79. The zero-order valence-electron chi connectivity index (χ0n) is 11.9. The van der Waals surface area contributed by atoms with E-state index in [0.29, 0.717) is 6.04 Å². The van der Waals surface area contributed by atoms with E-state index >= 15 is 0 Å². The number of rotatable bonds is 1. The number of aryl methyl sites for hydroxylation is 1. The van der Waals surface area contributed by atoms with Crippen molar-refractivity contribution in [3.63, 3.8) is 0 Å². The van der Waals surface area contributed by atoms with E-state index in [-0.39, 0.29) is 6.04 Å². The van der Waals surface area contributed by atoms with Crippen LogP contribution < -0.4 is 5.73 Å². The van der Waals surface area contributed by atoms with Crippen LogP contribution >= 0.6 is 0 Å². The molecule has 2 aliphatic rings. The topological polar surface area (TPSA) is 29.3 Å². The molecule has 1 aromatic rings. The molecule has 1 aliphatic carbocycles. The lowest BCUT2D eigenvalue weighted by molar-refractivity contribution is 0.142. The van der Waals surface area contributed by atoms with Crippen molar-refractivity contribution in [1.82, 2.24) is 4.90 Å². The summed E-state index contributed by atoms with van der Waals surface area (Å²) in [6.07, 6.45) is 9.36. The summed E-state index contributed by atoms with van der Waals surface area (Å²) in [5.74, 6) is 0. The fraction of sp³-hybridized carbons (Fsp3) is 0.647. The first-order valence-electron chi connectivity index (χ1n) is 7.94. The van der Waals surface area contributed by atoms with Crippen molar-refractivity contribution in [3.8, 4) is 0 Å². The first-order chi connectivity index (χ1) is 9.36. The highest BCUT2D eigenvalue weighted by Crippen LogP contribution is 2.32. The van der Waals surface area contributed by atoms with Crippen molar-refractivity contribution in [1.29, 1.82) is 0 Å². The van der Waals surface area contributed by atoms with Gasteiger partial charge in [-0.15, -0.1) is 0 Å². The molecule has 1 heterocycles. The number of nitrogens with zero attached hydrogens (tertiary/aromatic N) is 1. The fourth-order valence-electron chi connectivity index (χ4n) is 3.79. The van der Waals surface area contributed by atoms with Crippen LogP contribution in [0.5, 0.6) is 0 Å². The molecule has 1 fully saturated rings. The molecule has 3 rings (SSSR count). The molecule has 104 valence electrons. The largest absolute Gasteiger partial charge is 0.323 e. The summed E-state index contributed by atoms with van der Waals surface area (Å²) in [5.41, 5.74) is 9.43. The van der Waals surface area contributed by atoms with Gasteiger partial charge < -0.3 is 5.73 Å². The molecular formula is C17H26N2. The zero-order valence-corrected chi connectivity index (χ0v) is 11.9. The average Bonchev–Trinajstić information content (AvgIpc) is 2.40. The Morgan fingerprint density at radius 2 is 1.63 bits per heavy atom. The monoisotopic (exact) mass is 258 g/mol. The van der Waals surface area contributed by atoms with Crippen LogP contribution in [0, 0.1) is 0 Å². The minimum atomic E-state index is 0.212. The molecule has 2 unspecified atom stereocenters. The summed E-state index contributed by atoms with van der Waals surface area (Å²) in [4.78, 5) is 2.68. The van der Waals surface area contributed by atoms with Gasteiger partial charge in [-0.05, 0) is 49.9 Å². The molecule has 1 aromatic carbocycles. The number of nitrogens with two attached hydrogens (primary N) is 1. The van der Waals surface area contributed by atoms with Gasteiger partial charge in [0.1, 0.15) is 0 Å². The van der Waals surface area contributed by atoms with Gasteiger partial charge in [-0.2, -0.15) is 0 Å². The summed E-state index contributed by atoms with van der Waals surface area (Å²) in [5, 5.41) is 0. The first kappa shape index (κ1) is 13.1. The number of fused-ring (bicyclic) bond motifs is 1. The smallest absolute Gasteiger partial charge is 0.0455 e. The molecule has 19 heavy (non-hydrogen) atoms. The third-order valence-electron chi connectivity index (χ3n) is 4.90. The van der Waals surface area contributed by atoms with Crippen molar-refractivity contribution in [2.45, 2.75) is 57.0 Å². The van der Waals surface area contributed by atoms with Gasteiger partial charge in [0.25, 0.3) is 0 Å². The van der Waals surface area contributed by atoms with Crippen molar-refractivity contribution in [2.24, 2.45) is 5.73 Å². The lowest BCUT2D eigenvalue weighted by atomic mass is 9.83. The quantitative estimate of drug-likeness (QED) is 0.837. The van der Waals surface area contributed by atoms with E-state index in [1.807, 2.05) is 0 Å². The zero-order chi connectivity index (χ0) is 13.1.